The first-order valence-corrected chi connectivity index (χ1v) is 9.98. The molecule has 0 saturated carbocycles. The van der Waals surface area contributed by atoms with E-state index in [2.05, 4.69) is 113 Å². The van der Waals surface area contributed by atoms with Crippen LogP contribution < -0.4 is 10.6 Å². The van der Waals surface area contributed by atoms with Crippen LogP contribution in [0.5, 0.6) is 0 Å². The third kappa shape index (κ3) is 4.75. The molecule has 3 aromatic rings. The van der Waals surface area contributed by atoms with Crippen molar-refractivity contribution in [3.05, 3.63) is 83.9 Å². The standard InChI is InChI=1S/C26H32N2/c1-25(2,3)21-17-24(28-20-15-11-8-12-16-20)22(26(4,5)6)18-23(21)27-19-13-9-7-10-14-19/h7-18,27-28H,1-6H3. The number of anilines is 4. The second-order valence-corrected chi connectivity index (χ2v) is 9.43. The van der Waals surface area contributed by atoms with E-state index in [1.807, 2.05) is 12.1 Å². The van der Waals surface area contributed by atoms with Crippen molar-refractivity contribution in [1.82, 2.24) is 0 Å². The molecule has 0 heterocycles. The quantitative estimate of drug-likeness (QED) is 0.489. The van der Waals surface area contributed by atoms with E-state index in [0.717, 1.165) is 11.4 Å². The molecule has 0 fully saturated rings. The summed E-state index contributed by atoms with van der Waals surface area (Å²) in [6, 6.07) is 25.4. The van der Waals surface area contributed by atoms with E-state index in [-0.39, 0.29) is 10.8 Å². The minimum atomic E-state index is 0.0145. The minimum Gasteiger partial charge on any atom is -0.355 e. The van der Waals surface area contributed by atoms with Gasteiger partial charge >= 0.3 is 0 Å². The highest BCUT2D eigenvalue weighted by atomic mass is 14.9. The maximum absolute atomic E-state index is 3.65. The average Bonchev–Trinajstić information content (AvgIpc) is 2.62. The van der Waals surface area contributed by atoms with Crippen LogP contribution in [0.15, 0.2) is 72.8 Å². The molecule has 0 radical (unpaired) electrons. The smallest absolute Gasteiger partial charge is 0.0426 e. The molecule has 0 unspecified atom stereocenters. The topological polar surface area (TPSA) is 24.1 Å². The summed E-state index contributed by atoms with van der Waals surface area (Å²) in [4.78, 5) is 0. The van der Waals surface area contributed by atoms with Gasteiger partial charge in [0.15, 0.2) is 0 Å². The Morgan fingerprint density at radius 3 is 1.11 bits per heavy atom. The van der Waals surface area contributed by atoms with Crippen molar-refractivity contribution in [2.45, 2.75) is 52.4 Å². The summed E-state index contributed by atoms with van der Waals surface area (Å²) in [7, 11) is 0. The Hall–Kier alpha value is -2.74. The summed E-state index contributed by atoms with van der Waals surface area (Å²) in [6.45, 7) is 13.6. The fourth-order valence-corrected chi connectivity index (χ4v) is 3.40. The second-order valence-electron chi connectivity index (χ2n) is 9.43. The molecule has 146 valence electrons. The summed E-state index contributed by atoms with van der Waals surface area (Å²) < 4.78 is 0. The Bertz CT molecular complexity index is 835. The van der Waals surface area contributed by atoms with Gasteiger partial charge < -0.3 is 10.6 Å². The number of benzene rings is 3. The van der Waals surface area contributed by atoms with Gasteiger partial charge in [0.25, 0.3) is 0 Å². The van der Waals surface area contributed by atoms with Gasteiger partial charge in [0.1, 0.15) is 0 Å². The summed E-state index contributed by atoms with van der Waals surface area (Å²) in [5.74, 6) is 0. The molecule has 0 aliphatic rings. The zero-order valence-electron chi connectivity index (χ0n) is 17.9. The van der Waals surface area contributed by atoms with E-state index in [0.29, 0.717) is 0 Å². The van der Waals surface area contributed by atoms with Crippen molar-refractivity contribution in [2.24, 2.45) is 0 Å². The first kappa shape index (κ1) is 20.0. The van der Waals surface area contributed by atoms with Gasteiger partial charge in [-0.15, -0.1) is 0 Å². The van der Waals surface area contributed by atoms with E-state index in [4.69, 9.17) is 0 Å². The van der Waals surface area contributed by atoms with E-state index in [1.54, 1.807) is 0 Å². The Morgan fingerprint density at radius 2 is 0.821 bits per heavy atom. The molecular weight excluding hydrogens is 340 g/mol. The van der Waals surface area contributed by atoms with E-state index < -0.39 is 0 Å². The Morgan fingerprint density at radius 1 is 0.500 bits per heavy atom. The first-order valence-electron chi connectivity index (χ1n) is 9.98. The van der Waals surface area contributed by atoms with Crippen molar-refractivity contribution in [3.63, 3.8) is 0 Å². The molecule has 2 nitrogen and oxygen atoms in total. The third-order valence-electron chi connectivity index (χ3n) is 4.88. The van der Waals surface area contributed by atoms with Crippen molar-refractivity contribution in [2.75, 3.05) is 10.6 Å². The summed E-state index contributed by atoms with van der Waals surface area (Å²) in [5, 5.41) is 7.31. The molecule has 3 aromatic carbocycles. The van der Waals surface area contributed by atoms with E-state index in [1.165, 1.54) is 22.5 Å². The summed E-state index contributed by atoms with van der Waals surface area (Å²) in [6.07, 6.45) is 0. The molecule has 0 amide bonds. The van der Waals surface area contributed by atoms with Crippen LogP contribution in [-0.4, -0.2) is 0 Å². The molecule has 0 aromatic heterocycles. The lowest BCUT2D eigenvalue weighted by Gasteiger charge is -2.30. The highest BCUT2D eigenvalue weighted by molar-refractivity contribution is 5.74. The molecule has 0 aliphatic carbocycles. The number of rotatable bonds is 4. The van der Waals surface area contributed by atoms with Gasteiger partial charge in [0.05, 0.1) is 0 Å². The monoisotopic (exact) mass is 372 g/mol. The fraction of sp³-hybridized carbons (Fsp3) is 0.308. The number of hydrogen-bond acceptors (Lipinski definition) is 2. The average molecular weight is 373 g/mol. The number of nitrogens with one attached hydrogen (secondary N) is 2. The van der Waals surface area contributed by atoms with Crippen LogP contribution in [0, 0.1) is 0 Å². The molecule has 28 heavy (non-hydrogen) atoms. The van der Waals surface area contributed by atoms with Crippen molar-refractivity contribution < 1.29 is 0 Å². The highest BCUT2D eigenvalue weighted by Crippen LogP contribution is 2.40. The predicted octanol–water partition coefficient (Wildman–Crippen LogP) is 7.77. The Labute approximate surface area is 170 Å². The van der Waals surface area contributed by atoms with Crippen molar-refractivity contribution in [3.8, 4) is 0 Å². The van der Waals surface area contributed by atoms with Gasteiger partial charge in [-0.1, -0.05) is 77.9 Å². The number of para-hydroxylation sites is 2. The van der Waals surface area contributed by atoms with Crippen LogP contribution in [0.1, 0.15) is 52.7 Å². The zero-order valence-corrected chi connectivity index (χ0v) is 17.9. The minimum absolute atomic E-state index is 0.0145. The summed E-state index contributed by atoms with van der Waals surface area (Å²) in [5.41, 5.74) is 7.17. The van der Waals surface area contributed by atoms with Crippen LogP contribution in [0.3, 0.4) is 0 Å². The summed E-state index contributed by atoms with van der Waals surface area (Å²) >= 11 is 0. The predicted molar refractivity (Wildman–Crippen MR) is 123 cm³/mol. The molecule has 0 aliphatic heterocycles. The van der Waals surface area contributed by atoms with Gasteiger partial charge in [-0.2, -0.15) is 0 Å². The molecule has 0 atom stereocenters. The lowest BCUT2D eigenvalue weighted by molar-refractivity contribution is 0.580. The highest BCUT2D eigenvalue weighted by Gasteiger charge is 2.25. The lowest BCUT2D eigenvalue weighted by atomic mass is 9.79. The maximum atomic E-state index is 3.65. The third-order valence-corrected chi connectivity index (χ3v) is 4.88. The molecule has 0 bridgehead atoms. The van der Waals surface area contributed by atoms with Gasteiger partial charge in [-0.3, -0.25) is 0 Å². The van der Waals surface area contributed by atoms with E-state index in [9.17, 15) is 0 Å². The first-order chi connectivity index (χ1) is 13.1. The van der Waals surface area contributed by atoms with Crippen molar-refractivity contribution >= 4 is 22.7 Å². The molecular formula is C26H32N2. The van der Waals surface area contributed by atoms with Crippen LogP contribution >= 0.6 is 0 Å². The van der Waals surface area contributed by atoms with Gasteiger partial charge in [0.2, 0.25) is 0 Å². The molecule has 3 rings (SSSR count). The fourth-order valence-electron chi connectivity index (χ4n) is 3.40. The van der Waals surface area contributed by atoms with E-state index >= 15 is 0 Å². The number of hydrogen-bond donors (Lipinski definition) is 2. The molecule has 0 saturated heterocycles. The van der Waals surface area contributed by atoms with Crippen LogP contribution in [0.25, 0.3) is 0 Å². The van der Waals surface area contributed by atoms with Crippen LogP contribution in [0.2, 0.25) is 0 Å². The lowest BCUT2D eigenvalue weighted by Crippen LogP contribution is -2.19. The van der Waals surface area contributed by atoms with Crippen molar-refractivity contribution in [1.29, 1.82) is 0 Å². The largest absolute Gasteiger partial charge is 0.355 e. The van der Waals surface area contributed by atoms with Crippen LogP contribution in [0.4, 0.5) is 22.7 Å². The van der Waals surface area contributed by atoms with Gasteiger partial charge in [-0.05, 0) is 58.4 Å². The normalized spacial score (nSPS) is 11.9. The second kappa shape index (κ2) is 7.71. The maximum Gasteiger partial charge on any atom is 0.0426 e. The van der Waals surface area contributed by atoms with Gasteiger partial charge in [0, 0.05) is 22.7 Å². The van der Waals surface area contributed by atoms with Gasteiger partial charge in [-0.25, -0.2) is 0 Å². The van der Waals surface area contributed by atoms with Crippen LogP contribution in [-0.2, 0) is 10.8 Å². The molecule has 2 heteroatoms. The zero-order chi connectivity index (χ0) is 20.4. The molecule has 0 spiro atoms. The SMILES string of the molecule is CC(C)(C)c1cc(Nc2ccccc2)c(C(C)(C)C)cc1Nc1ccccc1. The molecule has 2 N–H and O–H groups in total. The Kier molecular flexibility index (Phi) is 5.51. The Balaban J connectivity index is 2.14.